The van der Waals surface area contributed by atoms with E-state index in [1.165, 1.54) is 0 Å². The van der Waals surface area contributed by atoms with Crippen molar-refractivity contribution in [1.82, 2.24) is 10.2 Å². The SMILES string of the molecule is COc1ccc(C(=O)Nc2ccc(Nc3ccccc3OC)nn2)cc1. The van der Waals surface area contributed by atoms with E-state index in [1.54, 1.807) is 50.6 Å². The lowest BCUT2D eigenvalue weighted by Gasteiger charge is -2.10. The topological polar surface area (TPSA) is 85.4 Å². The Morgan fingerprint density at radius 2 is 1.54 bits per heavy atom. The molecule has 1 heterocycles. The summed E-state index contributed by atoms with van der Waals surface area (Å²) >= 11 is 0. The fourth-order valence-corrected chi connectivity index (χ4v) is 2.28. The molecular weight excluding hydrogens is 332 g/mol. The number of nitrogens with one attached hydrogen (secondary N) is 2. The average Bonchev–Trinajstić information content (AvgIpc) is 2.70. The van der Waals surface area contributed by atoms with E-state index in [-0.39, 0.29) is 5.91 Å². The van der Waals surface area contributed by atoms with Crippen molar-refractivity contribution >= 4 is 23.2 Å². The molecule has 1 amide bonds. The number of para-hydroxylation sites is 2. The molecule has 0 aliphatic rings. The summed E-state index contributed by atoms with van der Waals surface area (Å²) < 4.78 is 10.4. The minimum atomic E-state index is -0.271. The highest BCUT2D eigenvalue weighted by Crippen LogP contribution is 2.26. The molecule has 0 bridgehead atoms. The molecule has 7 heteroatoms. The lowest BCUT2D eigenvalue weighted by atomic mass is 10.2. The molecule has 1 aromatic heterocycles. The number of aromatic nitrogens is 2. The number of hydrogen-bond acceptors (Lipinski definition) is 6. The van der Waals surface area contributed by atoms with Crippen LogP contribution in [0.2, 0.25) is 0 Å². The number of carbonyl (C=O) groups excluding carboxylic acids is 1. The number of carbonyl (C=O) groups is 1. The predicted molar refractivity (Wildman–Crippen MR) is 99.3 cm³/mol. The number of nitrogens with zero attached hydrogens (tertiary/aromatic N) is 2. The smallest absolute Gasteiger partial charge is 0.256 e. The second-order valence-electron chi connectivity index (χ2n) is 5.31. The van der Waals surface area contributed by atoms with Gasteiger partial charge in [-0.3, -0.25) is 4.79 Å². The Bertz CT molecular complexity index is 880. The van der Waals surface area contributed by atoms with Crippen LogP contribution in [0.15, 0.2) is 60.7 Å². The molecular formula is C19H18N4O3. The van der Waals surface area contributed by atoms with E-state index in [4.69, 9.17) is 9.47 Å². The van der Waals surface area contributed by atoms with Crippen molar-refractivity contribution in [2.24, 2.45) is 0 Å². The molecule has 2 aromatic carbocycles. The molecule has 132 valence electrons. The zero-order valence-electron chi connectivity index (χ0n) is 14.4. The van der Waals surface area contributed by atoms with Gasteiger partial charge in [0.05, 0.1) is 19.9 Å². The van der Waals surface area contributed by atoms with Crippen LogP contribution in [0.25, 0.3) is 0 Å². The summed E-state index contributed by atoms with van der Waals surface area (Å²) in [6, 6.07) is 17.7. The number of rotatable bonds is 6. The van der Waals surface area contributed by atoms with Gasteiger partial charge in [0.1, 0.15) is 11.5 Å². The summed E-state index contributed by atoms with van der Waals surface area (Å²) in [4.78, 5) is 12.2. The molecule has 0 spiro atoms. The summed E-state index contributed by atoms with van der Waals surface area (Å²) in [5.74, 6) is 2.01. The van der Waals surface area contributed by atoms with E-state index in [9.17, 15) is 4.79 Å². The van der Waals surface area contributed by atoms with Gasteiger partial charge in [-0.15, -0.1) is 10.2 Å². The first-order chi connectivity index (χ1) is 12.7. The van der Waals surface area contributed by atoms with Crippen LogP contribution < -0.4 is 20.1 Å². The van der Waals surface area contributed by atoms with Gasteiger partial charge in [0.2, 0.25) is 0 Å². The molecule has 7 nitrogen and oxygen atoms in total. The van der Waals surface area contributed by atoms with Crippen LogP contribution in [0.1, 0.15) is 10.4 Å². The van der Waals surface area contributed by atoms with Crippen molar-refractivity contribution in [3.8, 4) is 11.5 Å². The molecule has 3 aromatic rings. The maximum Gasteiger partial charge on any atom is 0.256 e. The Hall–Kier alpha value is -3.61. The Labute approximate surface area is 151 Å². The first-order valence-corrected chi connectivity index (χ1v) is 7.89. The van der Waals surface area contributed by atoms with Gasteiger partial charge in [-0.2, -0.15) is 0 Å². The highest BCUT2D eigenvalue weighted by Gasteiger charge is 2.08. The minimum absolute atomic E-state index is 0.271. The molecule has 0 atom stereocenters. The largest absolute Gasteiger partial charge is 0.497 e. The zero-order valence-corrected chi connectivity index (χ0v) is 14.4. The van der Waals surface area contributed by atoms with Crippen molar-refractivity contribution in [3.05, 3.63) is 66.2 Å². The Morgan fingerprint density at radius 3 is 2.19 bits per heavy atom. The van der Waals surface area contributed by atoms with Crippen LogP contribution in [0, 0.1) is 0 Å². The maximum absolute atomic E-state index is 12.2. The monoisotopic (exact) mass is 350 g/mol. The fourth-order valence-electron chi connectivity index (χ4n) is 2.28. The molecule has 26 heavy (non-hydrogen) atoms. The molecule has 0 fully saturated rings. The Kier molecular flexibility index (Phi) is 5.28. The van der Waals surface area contributed by atoms with Crippen LogP contribution in [0.3, 0.4) is 0 Å². The van der Waals surface area contributed by atoms with Crippen LogP contribution in [-0.4, -0.2) is 30.3 Å². The lowest BCUT2D eigenvalue weighted by Crippen LogP contribution is -2.13. The quantitative estimate of drug-likeness (QED) is 0.708. The molecule has 3 rings (SSSR count). The number of amides is 1. The predicted octanol–water partition coefficient (Wildman–Crippen LogP) is 3.49. The van der Waals surface area contributed by atoms with Gasteiger partial charge in [0.25, 0.3) is 5.91 Å². The van der Waals surface area contributed by atoms with E-state index in [0.717, 1.165) is 5.69 Å². The van der Waals surface area contributed by atoms with Crippen LogP contribution in [-0.2, 0) is 0 Å². The first-order valence-electron chi connectivity index (χ1n) is 7.89. The van der Waals surface area contributed by atoms with Crippen molar-refractivity contribution < 1.29 is 14.3 Å². The summed E-state index contributed by atoms with van der Waals surface area (Å²) in [5.41, 5.74) is 1.28. The summed E-state index contributed by atoms with van der Waals surface area (Å²) in [5, 5.41) is 13.9. The van der Waals surface area contributed by atoms with E-state index < -0.39 is 0 Å². The van der Waals surface area contributed by atoms with E-state index in [1.807, 2.05) is 24.3 Å². The second-order valence-corrected chi connectivity index (χ2v) is 5.31. The van der Waals surface area contributed by atoms with Gasteiger partial charge in [0, 0.05) is 5.56 Å². The van der Waals surface area contributed by atoms with Gasteiger partial charge < -0.3 is 20.1 Å². The first kappa shape index (κ1) is 17.2. The van der Waals surface area contributed by atoms with Crippen molar-refractivity contribution in [3.63, 3.8) is 0 Å². The number of hydrogen-bond donors (Lipinski definition) is 2. The standard InChI is InChI=1S/C19H18N4O3/c1-25-14-9-7-13(8-10-14)19(24)21-18-12-11-17(22-23-18)20-15-5-3-4-6-16(15)26-2/h3-12H,1-2H3,(H,20,22)(H,21,23,24). The van der Waals surface area contributed by atoms with E-state index in [2.05, 4.69) is 20.8 Å². The average molecular weight is 350 g/mol. The molecule has 0 unspecified atom stereocenters. The van der Waals surface area contributed by atoms with Gasteiger partial charge >= 0.3 is 0 Å². The van der Waals surface area contributed by atoms with Crippen molar-refractivity contribution in [2.45, 2.75) is 0 Å². The van der Waals surface area contributed by atoms with Gasteiger partial charge in [-0.1, -0.05) is 12.1 Å². The molecule has 0 aliphatic heterocycles. The van der Waals surface area contributed by atoms with Crippen molar-refractivity contribution in [1.29, 1.82) is 0 Å². The molecule has 2 N–H and O–H groups in total. The third-order valence-corrected chi connectivity index (χ3v) is 3.63. The Balaban J connectivity index is 1.66. The number of ether oxygens (including phenoxy) is 2. The van der Waals surface area contributed by atoms with Gasteiger partial charge in [0.15, 0.2) is 11.6 Å². The molecule has 0 aliphatic carbocycles. The maximum atomic E-state index is 12.2. The molecule has 0 saturated carbocycles. The summed E-state index contributed by atoms with van der Waals surface area (Å²) in [6.07, 6.45) is 0. The summed E-state index contributed by atoms with van der Waals surface area (Å²) in [7, 11) is 3.18. The number of methoxy groups -OCH3 is 2. The van der Waals surface area contributed by atoms with Crippen LogP contribution in [0.4, 0.5) is 17.3 Å². The zero-order chi connectivity index (χ0) is 18.4. The second kappa shape index (κ2) is 7.98. The van der Waals surface area contributed by atoms with E-state index in [0.29, 0.717) is 28.7 Å². The minimum Gasteiger partial charge on any atom is -0.497 e. The highest BCUT2D eigenvalue weighted by atomic mass is 16.5. The van der Waals surface area contributed by atoms with Gasteiger partial charge in [-0.05, 0) is 48.5 Å². The molecule has 0 saturated heterocycles. The Morgan fingerprint density at radius 1 is 0.846 bits per heavy atom. The van der Waals surface area contributed by atoms with Gasteiger partial charge in [-0.25, -0.2) is 0 Å². The lowest BCUT2D eigenvalue weighted by molar-refractivity contribution is 0.102. The third-order valence-electron chi connectivity index (χ3n) is 3.63. The van der Waals surface area contributed by atoms with E-state index >= 15 is 0 Å². The normalized spacial score (nSPS) is 10.1. The molecule has 0 radical (unpaired) electrons. The number of benzene rings is 2. The van der Waals surface area contributed by atoms with Crippen LogP contribution in [0.5, 0.6) is 11.5 Å². The summed E-state index contributed by atoms with van der Waals surface area (Å²) in [6.45, 7) is 0. The van der Waals surface area contributed by atoms with Crippen LogP contribution >= 0.6 is 0 Å². The number of anilines is 3. The highest BCUT2D eigenvalue weighted by molar-refractivity contribution is 6.03. The third kappa shape index (κ3) is 4.07. The van der Waals surface area contributed by atoms with Crippen molar-refractivity contribution in [2.75, 3.05) is 24.9 Å². The fraction of sp³-hybridized carbons (Fsp3) is 0.105.